The summed E-state index contributed by atoms with van der Waals surface area (Å²) >= 11 is 12.8. The summed E-state index contributed by atoms with van der Waals surface area (Å²) in [5.41, 5.74) is 0.149. The predicted molar refractivity (Wildman–Crippen MR) is 130 cm³/mol. The van der Waals surface area contributed by atoms with Crippen LogP contribution in [0.15, 0.2) is 17.2 Å². The van der Waals surface area contributed by atoms with Gasteiger partial charge in [-0.3, -0.25) is 4.40 Å². The van der Waals surface area contributed by atoms with Crippen molar-refractivity contribution in [3.05, 3.63) is 27.4 Å². The molecule has 0 N–H and O–H groups in total. The summed E-state index contributed by atoms with van der Waals surface area (Å²) in [7, 11) is -5.39. The summed E-state index contributed by atoms with van der Waals surface area (Å²) in [5, 5.41) is 5.26. The molecule has 0 saturated heterocycles. The van der Waals surface area contributed by atoms with Crippen molar-refractivity contribution in [3.63, 3.8) is 0 Å². The summed E-state index contributed by atoms with van der Waals surface area (Å²) in [6, 6.07) is 1.95. The lowest BCUT2D eigenvalue weighted by atomic mass is 10.4. The molecule has 0 aliphatic heterocycles. The van der Waals surface area contributed by atoms with Gasteiger partial charge in [-0.05, 0) is 25.0 Å². The first-order valence-electron chi connectivity index (χ1n) is 10.6. The average Bonchev–Trinajstić information content (AvgIpc) is 3.31. The first kappa shape index (κ1) is 26.8. The van der Waals surface area contributed by atoms with Gasteiger partial charge < -0.3 is 4.74 Å². The molecule has 16 heteroatoms. The molecule has 0 amide bonds. The molecule has 0 aromatic carbocycles. The SMILES string of the molecule is C[Si](C)(C)CCOCN(C1CC1)S(=O)(=O)c1cc(Cl)c2c(Cl)nc(-c3nnc(C(F)(F)F)s3)n2c1. The molecule has 1 aliphatic rings. The van der Waals surface area contributed by atoms with E-state index in [4.69, 9.17) is 27.9 Å². The van der Waals surface area contributed by atoms with E-state index in [9.17, 15) is 21.6 Å². The number of fused-ring (bicyclic) bond motifs is 1. The number of aromatic nitrogens is 4. The van der Waals surface area contributed by atoms with Crippen LogP contribution >= 0.6 is 34.5 Å². The molecule has 0 bridgehead atoms. The van der Waals surface area contributed by atoms with Crippen LogP contribution in [-0.4, -0.2) is 59.8 Å². The molecular formula is C19H22Cl2F3N5O3S2Si. The molecule has 0 radical (unpaired) electrons. The third-order valence-electron chi connectivity index (χ3n) is 5.25. The van der Waals surface area contributed by atoms with Crippen molar-refractivity contribution in [1.29, 1.82) is 0 Å². The Balaban J connectivity index is 1.70. The van der Waals surface area contributed by atoms with E-state index in [1.165, 1.54) is 21.0 Å². The molecule has 0 unspecified atom stereocenters. The molecule has 3 heterocycles. The second kappa shape index (κ2) is 9.54. The fraction of sp³-hybridized carbons (Fsp3) is 0.526. The predicted octanol–water partition coefficient (Wildman–Crippen LogP) is 5.64. The Morgan fingerprint density at radius 3 is 2.51 bits per heavy atom. The maximum Gasteiger partial charge on any atom is 0.445 e. The van der Waals surface area contributed by atoms with Crippen LogP contribution in [0, 0.1) is 0 Å². The van der Waals surface area contributed by atoms with Crippen LogP contribution in [0.1, 0.15) is 17.8 Å². The van der Waals surface area contributed by atoms with Gasteiger partial charge in [-0.2, -0.15) is 17.5 Å². The van der Waals surface area contributed by atoms with E-state index in [0.717, 1.165) is 6.04 Å². The summed E-state index contributed by atoms with van der Waals surface area (Å²) in [4.78, 5) is 3.91. The van der Waals surface area contributed by atoms with E-state index in [1.807, 2.05) is 0 Å². The van der Waals surface area contributed by atoms with Crippen LogP contribution in [0.5, 0.6) is 0 Å². The number of sulfonamides is 1. The number of alkyl halides is 3. The highest BCUT2D eigenvalue weighted by Crippen LogP contribution is 2.38. The Hall–Kier alpha value is -1.29. The quantitative estimate of drug-likeness (QED) is 0.183. The van der Waals surface area contributed by atoms with E-state index < -0.39 is 29.3 Å². The fourth-order valence-corrected chi connectivity index (χ4v) is 6.96. The Kier molecular flexibility index (Phi) is 7.29. The van der Waals surface area contributed by atoms with Crippen LogP contribution in [-0.2, 0) is 20.9 Å². The number of hydrogen-bond donors (Lipinski definition) is 0. The zero-order chi connectivity index (χ0) is 25.8. The molecule has 1 aliphatic carbocycles. The van der Waals surface area contributed by atoms with Crippen LogP contribution in [0.4, 0.5) is 13.2 Å². The van der Waals surface area contributed by atoms with Gasteiger partial charge in [0.15, 0.2) is 16.0 Å². The minimum Gasteiger partial charge on any atom is -0.365 e. The van der Waals surface area contributed by atoms with Gasteiger partial charge in [0.25, 0.3) is 0 Å². The van der Waals surface area contributed by atoms with Gasteiger partial charge in [0.05, 0.1) is 5.02 Å². The number of halogens is 5. The van der Waals surface area contributed by atoms with Crippen molar-refractivity contribution in [3.8, 4) is 10.8 Å². The van der Waals surface area contributed by atoms with Crippen molar-refractivity contribution in [2.24, 2.45) is 0 Å². The van der Waals surface area contributed by atoms with Crippen molar-refractivity contribution < 1.29 is 26.3 Å². The number of rotatable bonds is 9. The van der Waals surface area contributed by atoms with Gasteiger partial charge in [-0.15, -0.1) is 10.2 Å². The summed E-state index contributed by atoms with van der Waals surface area (Å²) in [6.07, 6.45) is -2.03. The normalized spacial score (nSPS) is 15.5. The third kappa shape index (κ3) is 5.83. The molecule has 4 rings (SSSR count). The van der Waals surface area contributed by atoms with Gasteiger partial charge in [0.2, 0.25) is 15.0 Å². The zero-order valence-corrected chi connectivity index (χ0v) is 23.1. The molecule has 192 valence electrons. The number of pyridine rings is 1. The molecule has 1 saturated carbocycles. The van der Waals surface area contributed by atoms with Crippen LogP contribution in [0.3, 0.4) is 0 Å². The van der Waals surface area contributed by atoms with E-state index >= 15 is 0 Å². The molecule has 3 aromatic heterocycles. The second-order valence-corrected chi connectivity index (χ2v) is 18.6. The van der Waals surface area contributed by atoms with Crippen molar-refractivity contribution in [1.82, 2.24) is 23.9 Å². The third-order valence-corrected chi connectivity index (χ3v) is 10.3. The van der Waals surface area contributed by atoms with Gasteiger partial charge >= 0.3 is 6.18 Å². The van der Waals surface area contributed by atoms with Gasteiger partial charge in [0, 0.05) is 26.9 Å². The lowest BCUT2D eigenvalue weighted by Gasteiger charge is -2.23. The van der Waals surface area contributed by atoms with Crippen molar-refractivity contribution >= 4 is 58.2 Å². The molecule has 0 atom stereocenters. The number of ether oxygens (including phenoxy) is 1. The number of imidazole rings is 1. The summed E-state index contributed by atoms with van der Waals surface area (Å²) < 4.78 is 74.4. The van der Waals surface area contributed by atoms with Crippen molar-refractivity contribution in [2.75, 3.05) is 13.3 Å². The van der Waals surface area contributed by atoms with E-state index in [0.29, 0.717) is 19.4 Å². The van der Waals surface area contributed by atoms with Gasteiger partial charge in [-0.25, -0.2) is 13.4 Å². The van der Waals surface area contributed by atoms with E-state index in [1.54, 1.807) is 0 Å². The fourth-order valence-electron chi connectivity index (χ4n) is 3.22. The monoisotopic (exact) mass is 587 g/mol. The highest BCUT2D eigenvalue weighted by atomic mass is 35.5. The molecule has 0 spiro atoms. The maximum atomic E-state index is 13.5. The van der Waals surface area contributed by atoms with Crippen molar-refractivity contribution in [2.45, 2.75) is 55.6 Å². The van der Waals surface area contributed by atoms with Gasteiger partial charge in [-0.1, -0.05) is 54.2 Å². The first-order valence-corrected chi connectivity index (χ1v) is 17.3. The van der Waals surface area contributed by atoms with E-state index in [2.05, 4.69) is 34.8 Å². The Labute approximate surface area is 215 Å². The Morgan fingerprint density at radius 1 is 1.26 bits per heavy atom. The van der Waals surface area contributed by atoms with Gasteiger partial charge in [0.1, 0.15) is 17.1 Å². The molecule has 3 aromatic rings. The Morgan fingerprint density at radius 2 is 1.94 bits per heavy atom. The first-order chi connectivity index (χ1) is 16.2. The standard InChI is InChI=1S/C19H22Cl2F3N5O3S2Si/c1-35(2,3)7-6-32-10-29(11-4-5-11)34(30,31)12-8-13(20)14-15(21)25-16(28(14)9-12)17-26-27-18(33-17)19(22,23)24/h8-9,11H,4-7,10H2,1-3H3. The Bertz CT molecular complexity index is 1350. The van der Waals surface area contributed by atoms with Crippen LogP contribution in [0.2, 0.25) is 35.9 Å². The minimum absolute atomic E-state index is 0.0224. The summed E-state index contributed by atoms with van der Waals surface area (Å²) in [5.74, 6) is -0.0960. The largest absolute Gasteiger partial charge is 0.445 e. The molecule has 35 heavy (non-hydrogen) atoms. The second-order valence-electron chi connectivity index (χ2n) is 9.35. The zero-order valence-electron chi connectivity index (χ0n) is 18.9. The van der Waals surface area contributed by atoms with E-state index in [-0.39, 0.29) is 55.5 Å². The summed E-state index contributed by atoms with van der Waals surface area (Å²) in [6.45, 7) is 6.95. The highest BCUT2D eigenvalue weighted by Gasteiger charge is 2.39. The highest BCUT2D eigenvalue weighted by molar-refractivity contribution is 7.89. The van der Waals surface area contributed by atoms with Crippen LogP contribution in [0.25, 0.3) is 16.3 Å². The molecule has 1 fully saturated rings. The minimum atomic E-state index is -4.68. The van der Waals surface area contributed by atoms with Crippen LogP contribution < -0.4 is 0 Å². The smallest absolute Gasteiger partial charge is 0.365 e. The number of nitrogens with zero attached hydrogens (tertiary/aromatic N) is 5. The lowest BCUT2D eigenvalue weighted by Crippen LogP contribution is -2.36. The number of hydrogen-bond acceptors (Lipinski definition) is 7. The maximum absolute atomic E-state index is 13.5. The molecule has 8 nitrogen and oxygen atoms in total. The average molecular weight is 589 g/mol. The molecular weight excluding hydrogens is 566 g/mol. The topological polar surface area (TPSA) is 89.7 Å². The lowest BCUT2D eigenvalue weighted by molar-refractivity contribution is -0.138.